The van der Waals surface area contributed by atoms with Gasteiger partial charge in [0.1, 0.15) is 0 Å². The topological polar surface area (TPSA) is 70.2 Å². The number of benzene rings is 2. The molecule has 0 saturated heterocycles. The number of hydrogen-bond acceptors (Lipinski definition) is 3. The average Bonchev–Trinajstić information content (AvgIpc) is 3.41. The van der Waals surface area contributed by atoms with Gasteiger partial charge in [0.25, 0.3) is 5.91 Å². The van der Waals surface area contributed by atoms with Crippen molar-refractivity contribution in [3.8, 4) is 0 Å². The maximum absolute atomic E-state index is 12.5. The smallest absolute Gasteiger partial charge is 0.257 e. The van der Waals surface area contributed by atoms with Crippen LogP contribution in [0.2, 0.25) is 0 Å². The Hall–Kier alpha value is -2.82. The Kier molecular flexibility index (Phi) is 4.74. The molecule has 0 radical (unpaired) electrons. The summed E-state index contributed by atoms with van der Waals surface area (Å²) < 4.78 is 0. The van der Waals surface area contributed by atoms with Gasteiger partial charge in [-0.05, 0) is 43.9 Å². The highest BCUT2D eigenvalue weighted by Gasteiger charge is 2.51. The predicted molar refractivity (Wildman–Crippen MR) is 98.0 cm³/mol. The van der Waals surface area contributed by atoms with Crippen molar-refractivity contribution in [3.63, 3.8) is 0 Å². The standard InChI is InChI=1S/C20H23N3O2/c1-14-8-9-17(15(2)12-14)21-13-18(24)22-23-19(25)20(10-11-20)16-6-4-3-5-7-16/h3-9,12,21H,10-11,13H2,1-2H3,(H,22,24)(H,23,25). The van der Waals surface area contributed by atoms with Gasteiger partial charge in [0.2, 0.25) is 5.91 Å². The number of carbonyl (C=O) groups is 2. The molecule has 1 aliphatic carbocycles. The molecule has 1 aliphatic rings. The summed E-state index contributed by atoms with van der Waals surface area (Å²) in [7, 11) is 0. The molecule has 1 saturated carbocycles. The third kappa shape index (κ3) is 3.82. The van der Waals surface area contributed by atoms with Crippen molar-refractivity contribution in [2.45, 2.75) is 32.1 Å². The molecule has 0 spiro atoms. The third-order valence-corrected chi connectivity index (χ3v) is 4.65. The Morgan fingerprint density at radius 2 is 1.72 bits per heavy atom. The van der Waals surface area contributed by atoms with Crippen LogP contribution in [0.3, 0.4) is 0 Å². The molecule has 25 heavy (non-hydrogen) atoms. The summed E-state index contributed by atoms with van der Waals surface area (Å²) in [6.45, 7) is 4.12. The number of nitrogens with one attached hydrogen (secondary N) is 3. The van der Waals surface area contributed by atoms with Crippen molar-refractivity contribution < 1.29 is 9.59 Å². The van der Waals surface area contributed by atoms with Gasteiger partial charge in [-0.25, -0.2) is 0 Å². The molecule has 3 N–H and O–H groups in total. The second-order valence-corrected chi connectivity index (χ2v) is 6.62. The summed E-state index contributed by atoms with van der Waals surface area (Å²) in [5.74, 6) is -0.434. The van der Waals surface area contributed by atoms with Crippen LogP contribution in [-0.2, 0) is 15.0 Å². The van der Waals surface area contributed by atoms with Crippen LogP contribution in [0.5, 0.6) is 0 Å². The molecule has 0 aliphatic heterocycles. The van der Waals surface area contributed by atoms with E-state index in [1.165, 1.54) is 5.56 Å². The molecule has 5 heteroatoms. The van der Waals surface area contributed by atoms with E-state index in [2.05, 4.69) is 22.2 Å². The molecule has 5 nitrogen and oxygen atoms in total. The van der Waals surface area contributed by atoms with Gasteiger partial charge in [0, 0.05) is 5.69 Å². The van der Waals surface area contributed by atoms with E-state index in [4.69, 9.17) is 0 Å². The van der Waals surface area contributed by atoms with Gasteiger partial charge in [-0.3, -0.25) is 20.4 Å². The van der Waals surface area contributed by atoms with E-state index in [0.29, 0.717) is 0 Å². The number of aryl methyl sites for hydroxylation is 2. The van der Waals surface area contributed by atoms with Gasteiger partial charge in [0.15, 0.2) is 0 Å². The van der Waals surface area contributed by atoms with Crippen LogP contribution >= 0.6 is 0 Å². The van der Waals surface area contributed by atoms with Crippen molar-refractivity contribution in [2.75, 3.05) is 11.9 Å². The first kappa shape index (κ1) is 17.0. The van der Waals surface area contributed by atoms with Gasteiger partial charge in [-0.1, -0.05) is 48.0 Å². The van der Waals surface area contributed by atoms with Crippen LogP contribution in [0.1, 0.15) is 29.5 Å². The van der Waals surface area contributed by atoms with Gasteiger partial charge in [-0.15, -0.1) is 0 Å². The minimum absolute atomic E-state index is 0.0997. The Morgan fingerprint density at radius 1 is 1.00 bits per heavy atom. The third-order valence-electron chi connectivity index (χ3n) is 4.65. The second-order valence-electron chi connectivity index (χ2n) is 6.62. The summed E-state index contributed by atoms with van der Waals surface area (Å²) in [6, 6.07) is 15.7. The number of hydrazine groups is 1. The van der Waals surface area contributed by atoms with Crippen LogP contribution in [0, 0.1) is 13.8 Å². The maximum atomic E-state index is 12.5. The lowest BCUT2D eigenvalue weighted by Crippen LogP contribution is -2.48. The second kappa shape index (κ2) is 6.97. The lowest BCUT2D eigenvalue weighted by atomic mass is 9.95. The molecule has 3 rings (SSSR count). The summed E-state index contributed by atoms with van der Waals surface area (Å²) >= 11 is 0. The Bertz CT molecular complexity index is 783. The van der Waals surface area contributed by atoms with E-state index in [1.54, 1.807) is 0 Å². The zero-order valence-corrected chi connectivity index (χ0v) is 14.6. The van der Waals surface area contributed by atoms with Crippen LogP contribution in [-0.4, -0.2) is 18.4 Å². The van der Waals surface area contributed by atoms with E-state index >= 15 is 0 Å². The van der Waals surface area contributed by atoms with Crippen molar-refractivity contribution >= 4 is 17.5 Å². The molecular weight excluding hydrogens is 314 g/mol. The normalized spacial score (nSPS) is 14.5. The number of hydrogen-bond donors (Lipinski definition) is 3. The molecule has 2 amide bonds. The van der Waals surface area contributed by atoms with Gasteiger partial charge >= 0.3 is 0 Å². The van der Waals surface area contributed by atoms with E-state index in [0.717, 1.165) is 29.7 Å². The first-order valence-corrected chi connectivity index (χ1v) is 8.47. The van der Waals surface area contributed by atoms with Crippen molar-refractivity contribution in [1.29, 1.82) is 0 Å². The van der Waals surface area contributed by atoms with Crippen LogP contribution in [0.25, 0.3) is 0 Å². The Morgan fingerprint density at radius 3 is 2.36 bits per heavy atom. The lowest BCUT2D eigenvalue weighted by molar-refractivity contribution is -0.129. The van der Waals surface area contributed by atoms with Crippen LogP contribution in [0.15, 0.2) is 48.5 Å². The largest absolute Gasteiger partial charge is 0.376 e. The van der Waals surface area contributed by atoms with Crippen molar-refractivity contribution in [1.82, 2.24) is 10.9 Å². The van der Waals surface area contributed by atoms with E-state index in [9.17, 15) is 9.59 Å². The first-order valence-electron chi connectivity index (χ1n) is 8.47. The fourth-order valence-corrected chi connectivity index (χ4v) is 3.01. The number of anilines is 1. The fraction of sp³-hybridized carbons (Fsp3) is 0.300. The lowest BCUT2D eigenvalue weighted by Gasteiger charge is -2.16. The minimum atomic E-state index is -0.491. The van der Waals surface area contributed by atoms with Gasteiger partial charge in [0.05, 0.1) is 12.0 Å². The summed E-state index contributed by atoms with van der Waals surface area (Å²) in [5, 5.41) is 3.09. The highest BCUT2D eigenvalue weighted by atomic mass is 16.2. The SMILES string of the molecule is Cc1ccc(NCC(=O)NNC(=O)C2(c3ccccc3)CC2)c(C)c1. The Balaban J connectivity index is 1.50. The molecule has 0 unspecified atom stereocenters. The summed E-state index contributed by atoms with van der Waals surface area (Å²) in [6.07, 6.45) is 1.61. The molecule has 1 fully saturated rings. The number of amides is 2. The minimum Gasteiger partial charge on any atom is -0.376 e. The summed E-state index contributed by atoms with van der Waals surface area (Å²) in [4.78, 5) is 24.4. The van der Waals surface area contributed by atoms with E-state index in [1.807, 2.05) is 56.3 Å². The monoisotopic (exact) mass is 337 g/mol. The molecule has 130 valence electrons. The maximum Gasteiger partial charge on any atom is 0.257 e. The van der Waals surface area contributed by atoms with Crippen molar-refractivity contribution in [2.24, 2.45) is 0 Å². The highest BCUT2D eigenvalue weighted by molar-refractivity contribution is 5.93. The fourth-order valence-electron chi connectivity index (χ4n) is 3.01. The molecule has 0 aromatic heterocycles. The number of rotatable bonds is 5. The quantitative estimate of drug-likeness (QED) is 0.735. The van der Waals surface area contributed by atoms with Crippen LogP contribution in [0.4, 0.5) is 5.69 Å². The summed E-state index contributed by atoms with van der Waals surface area (Å²) in [5.41, 5.74) is 8.74. The molecule has 2 aromatic rings. The molecule has 0 heterocycles. The number of carbonyl (C=O) groups excluding carboxylic acids is 2. The first-order chi connectivity index (χ1) is 12.0. The van der Waals surface area contributed by atoms with E-state index < -0.39 is 5.41 Å². The zero-order valence-electron chi connectivity index (χ0n) is 14.6. The van der Waals surface area contributed by atoms with Crippen molar-refractivity contribution in [3.05, 3.63) is 65.2 Å². The average molecular weight is 337 g/mol. The van der Waals surface area contributed by atoms with E-state index in [-0.39, 0.29) is 18.4 Å². The Labute approximate surface area is 147 Å². The predicted octanol–water partition coefficient (Wildman–Crippen LogP) is 2.59. The molecule has 0 bridgehead atoms. The van der Waals surface area contributed by atoms with Gasteiger partial charge < -0.3 is 5.32 Å². The van der Waals surface area contributed by atoms with Crippen LogP contribution < -0.4 is 16.2 Å². The molecule has 2 aromatic carbocycles. The highest BCUT2D eigenvalue weighted by Crippen LogP contribution is 2.48. The zero-order chi connectivity index (χ0) is 17.9. The molecular formula is C20H23N3O2. The molecule has 0 atom stereocenters. The van der Waals surface area contributed by atoms with Gasteiger partial charge in [-0.2, -0.15) is 0 Å².